The second-order valence-electron chi connectivity index (χ2n) is 7.52. The molecule has 0 aromatic heterocycles. The lowest BCUT2D eigenvalue weighted by Crippen LogP contribution is -2.28. The van der Waals surface area contributed by atoms with E-state index in [2.05, 4.69) is 0 Å². The number of hydrogen-bond acceptors (Lipinski definition) is 4. The topological polar surface area (TPSA) is 74.6 Å². The fourth-order valence-electron chi connectivity index (χ4n) is 3.25. The summed E-state index contributed by atoms with van der Waals surface area (Å²) in [4.78, 5) is 25.1. The molecule has 0 fully saturated rings. The first-order valence-electron chi connectivity index (χ1n) is 8.42. The summed E-state index contributed by atoms with van der Waals surface area (Å²) >= 11 is 0. The second kappa shape index (κ2) is 6.52. The zero-order valence-corrected chi connectivity index (χ0v) is 15.1. The number of hydrogen-bond donors (Lipinski definition) is 2. The van der Waals surface area contributed by atoms with Crippen LogP contribution in [0.3, 0.4) is 0 Å². The average molecular weight is 330 g/mol. The molecule has 1 aliphatic rings. The van der Waals surface area contributed by atoms with Crippen LogP contribution in [0.15, 0.2) is 17.7 Å². The minimum absolute atomic E-state index is 0.0756. The van der Waals surface area contributed by atoms with Crippen molar-refractivity contribution in [3.63, 3.8) is 0 Å². The highest BCUT2D eigenvalue weighted by Crippen LogP contribution is 2.35. The number of aliphatic hydroxyl groups excluding tert-OH is 1. The van der Waals surface area contributed by atoms with Crippen LogP contribution in [-0.2, 0) is 11.2 Å². The maximum Gasteiger partial charge on any atom is 0.234 e. The van der Waals surface area contributed by atoms with Crippen LogP contribution in [0, 0.1) is 12.8 Å². The molecular formula is C20H26O4. The highest BCUT2D eigenvalue weighted by Gasteiger charge is 2.36. The van der Waals surface area contributed by atoms with Crippen LogP contribution in [-0.4, -0.2) is 27.4 Å². The van der Waals surface area contributed by atoms with Gasteiger partial charge in [0.05, 0.1) is 5.60 Å². The van der Waals surface area contributed by atoms with E-state index in [0.717, 1.165) is 11.1 Å². The van der Waals surface area contributed by atoms with Gasteiger partial charge in [-0.25, -0.2) is 0 Å². The number of aliphatic hydroxyl groups is 2. The van der Waals surface area contributed by atoms with Crippen molar-refractivity contribution in [2.75, 3.05) is 0 Å². The van der Waals surface area contributed by atoms with Gasteiger partial charge in [0.25, 0.3) is 0 Å². The number of allylic oxidation sites excluding steroid dienone is 1. The van der Waals surface area contributed by atoms with Crippen molar-refractivity contribution in [1.82, 2.24) is 0 Å². The summed E-state index contributed by atoms with van der Waals surface area (Å²) in [7, 11) is 0. The van der Waals surface area contributed by atoms with Gasteiger partial charge in [-0.05, 0) is 57.1 Å². The summed E-state index contributed by atoms with van der Waals surface area (Å²) in [6.45, 7) is 8.98. The van der Waals surface area contributed by atoms with Gasteiger partial charge in [-0.2, -0.15) is 0 Å². The Labute approximate surface area is 143 Å². The Morgan fingerprint density at radius 1 is 1.12 bits per heavy atom. The maximum absolute atomic E-state index is 12.7. The molecule has 0 aliphatic heterocycles. The summed E-state index contributed by atoms with van der Waals surface area (Å²) in [6, 6.07) is 3.59. The van der Waals surface area contributed by atoms with Gasteiger partial charge >= 0.3 is 0 Å². The number of rotatable bonds is 5. The quantitative estimate of drug-likeness (QED) is 0.806. The molecule has 0 heterocycles. The van der Waals surface area contributed by atoms with Crippen LogP contribution in [0.4, 0.5) is 0 Å². The van der Waals surface area contributed by atoms with Gasteiger partial charge in [0.15, 0.2) is 0 Å². The molecule has 2 N–H and O–H groups in total. The molecule has 0 spiro atoms. The molecule has 24 heavy (non-hydrogen) atoms. The Morgan fingerprint density at radius 3 is 2.29 bits per heavy atom. The number of ketones is 2. The minimum Gasteiger partial charge on any atom is -0.507 e. The normalized spacial score (nSPS) is 15.3. The Bertz CT molecular complexity index is 718. The van der Waals surface area contributed by atoms with Crippen LogP contribution in [0.1, 0.15) is 67.6 Å². The Hall–Kier alpha value is -1.94. The Morgan fingerprint density at radius 2 is 1.75 bits per heavy atom. The molecule has 0 bridgehead atoms. The number of benzene rings is 1. The smallest absolute Gasteiger partial charge is 0.234 e. The first kappa shape index (κ1) is 18.4. The molecule has 1 aliphatic carbocycles. The Kier molecular flexibility index (Phi) is 5.00. The van der Waals surface area contributed by atoms with Gasteiger partial charge in [0.1, 0.15) is 5.76 Å². The fourth-order valence-corrected chi connectivity index (χ4v) is 3.25. The highest BCUT2D eigenvalue weighted by atomic mass is 16.3. The molecule has 0 saturated heterocycles. The van der Waals surface area contributed by atoms with Crippen LogP contribution >= 0.6 is 0 Å². The van der Waals surface area contributed by atoms with Crippen LogP contribution in [0.5, 0.6) is 0 Å². The van der Waals surface area contributed by atoms with E-state index in [-0.39, 0.29) is 17.3 Å². The summed E-state index contributed by atoms with van der Waals surface area (Å²) in [5, 5.41) is 20.4. The van der Waals surface area contributed by atoms with Crippen molar-refractivity contribution in [1.29, 1.82) is 0 Å². The lowest BCUT2D eigenvalue weighted by molar-refractivity contribution is -0.112. The molecule has 1 aromatic carbocycles. The molecule has 4 heteroatoms. The van der Waals surface area contributed by atoms with Crippen molar-refractivity contribution in [3.8, 4) is 0 Å². The average Bonchev–Trinajstić information content (AvgIpc) is 2.45. The molecular weight excluding hydrogens is 304 g/mol. The third kappa shape index (κ3) is 3.44. The highest BCUT2D eigenvalue weighted by molar-refractivity contribution is 6.52. The molecule has 4 nitrogen and oxygen atoms in total. The summed E-state index contributed by atoms with van der Waals surface area (Å²) < 4.78 is 0. The lowest BCUT2D eigenvalue weighted by Gasteiger charge is -2.24. The molecule has 0 radical (unpaired) electrons. The van der Waals surface area contributed by atoms with E-state index in [4.69, 9.17) is 0 Å². The van der Waals surface area contributed by atoms with E-state index >= 15 is 0 Å². The van der Waals surface area contributed by atoms with Crippen molar-refractivity contribution < 1.29 is 19.8 Å². The van der Waals surface area contributed by atoms with Gasteiger partial charge in [-0.3, -0.25) is 9.59 Å². The fraction of sp³-hybridized carbons (Fsp3) is 0.500. The predicted octanol–water partition coefficient (Wildman–Crippen LogP) is 3.78. The van der Waals surface area contributed by atoms with Crippen molar-refractivity contribution >= 4 is 17.3 Å². The van der Waals surface area contributed by atoms with E-state index in [9.17, 15) is 19.8 Å². The van der Waals surface area contributed by atoms with Gasteiger partial charge in [0, 0.05) is 16.7 Å². The number of carbonyl (C=O) groups excluding carboxylic acids is 2. The van der Waals surface area contributed by atoms with Gasteiger partial charge < -0.3 is 10.2 Å². The van der Waals surface area contributed by atoms with Crippen LogP contribution < -0.4 is 0 Å². The number of fused-ring (bicyclic) bond motifs is 1. The Balaban J connectivity index is 2.51. The van der Waals surface area contributed by atoms with Crippen molar-refractivity contribution in [2.45, 2.75) is 59.5 Å². The van der Waals surface area contributed by atoms with Gasteiger partial charge in [-0.15, -0.1) is 0 Å². The van der Waals surface area contributed by atoms with Crippen molar-refractivity contribution in [2.24, 2.45) is 5.92 Å². The van der Waals surface area contributed by atoms with E-state index in [1.807, 2.05) is 13.0 Å². The third-order valence-corrected chi connectivity index (χ3v) is 4.53. The van der Waals surface area contributed by atoms with E-state index < -0.39 is 17.2 Å². The summed E-state index contributed by atoms with van der Waals surface area (Å²) in [5.74, 6) is -1.43. The first-order valence-corrected chi connectivity index (χ1v) is 8.42. The minimum atomic E-state index is -0.768. The lowest BCUT2D eigenvalue weighted by atomic mass is 9.79. The molecule has 0 saturated carbocycles. The molecule has 2 rings (SSSR count). The van der Waals surface area contributed by atoms with Gasteiger partial charge in [0.2, 0.25) is 11.6 Å². The van der Waals surface area contributed by atoms with Gasteiger partial charge in [-0.1, -0.05) is 26.0 Å². The zero-order chi connectivity index (χ0) is 18.2. The molecule has 0 atom stereocenters. The molecule has 0 unspecified atom stereocenters. The van der Waals surface area contributed by atoms with E-state index in [1.54, 1.807) is 33.8 Å². The molecule has 0 amide bonds. The number of Topliss-reactive ketones (excluding diaryl/α,β-unsaturated/α-hetero) is 2. The maximum atomic E-state index is 12.7. The second-order valence-corrected chi connectivity index (χ2v) is 7.52. The van der Waals surface area contributed by atoms with Crippen molar-refractivity contribution in [3.05, 3.63) is 40.0 Å². The van der Waals surface area contributed by atoms with E-state index in [0.29, 0.717) is 30.4 Å². The molecule has 130 valence electrons. The summed E-state index contributed by atoms with van der Waals surface area (Å²) in [6.07, 6.45) is 1.88. The van der Waals surface area contributed by atoms with E-state index in [1.165, 1.54) is 0 Å². The largest absolute Gasteiger partial charge is 0.507 e. The number of aryl methyl sites for hydroxylation is 1. The van der Waals surface area contributed by atoms with Crippen LogP contribution in [0.2, 0.25) is 0 Å². The third-order valence-electron chi connectivity index (χ3n) is 4.53. The zero-order valence-electron chi connectivity index (χ0n) is 15.1. The summed E-state index contributed by atoms with van der Waals surface area (Å²) in [5.41, 5.74) is 1.93. The number of carbonyl (C=O) groups is 2. The SMILES string of the molecule is Cc1ccc2c(c1CCCC(C)(C)O)C(=O)C(=O)C(C(C)C)=C2O. The predicted molar refractivity (Wildman–Crippen MR) is 94.1 cm³/mol. The standard InChI is InChI=1S/C20H26O4/c1-11(2)15-17(21)14-9-8-12(3)13(7-6-10-20(4,5)24)16(14)19(23)18(15)22/h8-9,11,21,24H,6-7,10H2,1-5H3. The van der Waals surface area contributed by atoms with Crippen LogP contribution in [0.25, 0.3) is 5.76 Å². The molecule has 1 aromatic rings. The monoisotopic (exact) mass is 330 g/mol. The first-order chi connectivity index (χ1) is 11.0.